The highest BCUT2D eigenvalue weighted by Crippen LogP contribution is 2.24. The van der Waals surface area contributed by atoms with Gasteiger partial charge in [0.2, 0.25) is 5.70 Å². The molecule has 0 spiro atoms. The maximum absolute atomic E-state index is 11.2. The minimum absolute atomic E-state index is 0.109. The molecule has 1 aliphatic heterocycles. The zero-order valence-corrected chi connectivity index (χ0v) is 9.23. The summed E-state index contributed by atoms with van der Waals surface area (Å²) in [6.45, 7) is 0. The Labute approximate surface area is 101 Å². The van der Waals surface area contributed by atoms with Gasteiger partial charge in [0.05, 0.1) is 5.70 Å². The molecular formula is C11H7ClN2O3. The molecule has 1 heterocycles. The number of halogens is 1. The Morgan fingerprint density at radius 2 is 2.06 bits per heavy atom. The van der Waals surface area contributed by atoms with Gasteiger partial charge in [-0.15, -0.1) is 4.91 Å². The van der Waals surface area contributed by atoms with Crippen LogP contribution in [0.4, 0.5) is 0 Å². The lowest BCUT2D eigenvalue weighted by Crippen LogP contribution is -2.15. The second-order valence-electron chi connectivity index (χ2n) is 3.32. The number of hydrogen-bond donors (Lipinski definition) is 2. The van der Waals surface area contributed by atoms with E-state index in [1.807, 2.05) is 0 Å². The molecule has 1 aromatic rings. The molecule has 1 amide bonds. The van der Waals surface area contributed by atoms with Crippen LogP contribution in [0.3, 0.4) is 0 Å². The fourth-order valence-electron chi connectivity index (χ4n) is 1.41. The van der Waals surface area contributed by atoms with Crippen LogP contribution < -0.4 is 5.32 Å². The first kappa shape index (κ1) is 11.3. The number of nitrogens with one attached hydrogen (secondary N) is 1. The number of aliphatic hydroxyl groups excluding tert-OH is 1. The van der Waals surface area contributed by atoms with Gasteiger partial charge < -0.3 is 10.4 Å². The summed E-state index contributed by atoms with van der Waals surface area (Å²) in [7, 11) is 0. The predicted molar refractivity (Wildman–Crippen MR) is 63.0 cm³/mol. The van der Waals surface area contributed by atoms with Crippen molar-refractivity contribution >= 4 is 23.6 Å². The molecular weight excluding hydrogens is 244 g/mol. The zero-order chi connectivity index (χ0) is 12.4. The molecule has 86 valence electrons. The number of nitrogens with zero attached hydrogens (tertiary/aromatic N) is 1. The first-order chi connectivity index (χ1) is 8.13. The molecule has 0 bridgehead atoms. The van der Waals surface area contributed by atoms with E-state index in [2.05, 4.69) is 10.5 Å². The lowest BCUT2D eigenvalue weighted by atomic mass is 10.2. The third-order valence-electron chi connectivity index (χ3n) is 2.24. The van der Waals surface area contributed by atoms with Gasteiger partial charge >= 0.3 is 0 Å². The van der Waals surface area contributed by atoms with Crippen molar-refractivity contribution in [3.63, 3.8) is 0 Å². The van der Waals surface area contributed by atoms with Crippen LogP contribution >= 0.6 is 11.6 Å². The summed E-state index contributed by atoms with van der Waals surface area (Å²) in [5, 5.41) is 14.8. The molecule has 0 atom stereocenters. The first-order valence-corrected chi connectivity index (χ1v) is 5.06. The molecule has 0 aliphatic carbocycles. The van der Waals surface area contributed by atoms with Crippen LogP contribution in [0.25, 0.3) is 6.08 Å². The standard InChI is InChI=1S/C11H7ClN2O3/c12-7-4-2-1-3-6(7)5-8-10(15)9(14-17)11(16)13-8/h1-5,15H,(H,13,16). The summed E-state index contributed by atoms with van der Waals surface area (Å²) in [6.07, 6.45) is 1.47. The van der Waals surface area contributed by atoms with Crippen molar-refractivity contribution in [2.75, 3.05) is 0 Å². The Morgan fingerprint density at radius 1 is 1.35 bits per heavy atom. The molecule has 1 aromatic carbocycles. The van der Waals surface area contributed by atoms with E-state index in [0.29, 0.717) is 10.6 Å². The van der Waals surface area contributed by atoms with Gasteiger partial charge in [0.15, 0.2) is 5.76 Å². The van der Waals surface area contributed by atoms with Crippen LogP contribution in [0, 0.1) is 4.91 Å². The minimum Gasteiger partial charge on any atom is -0.504 e. The van der Waals surface area contributed by atoms with Gasteiger partial charge in [-0.25, -0.2) is 0 Å². The second kappa shape index (κ2) is 4.39. The highest BCUT2D eigenvalue weighted by molar-refractivity contribution is 6.32. The molecule has 5 nitrogen and oxygen atoms in total. The number of hydrogen-bond acceptors (Lipinski definition) is 4. The summed E-state index contributed by atoms with van der Waals surface area (Å²) in [5.74, 6) is -1.19. The van der Waals surface area contributed by atoms with Crippen LogP contribution in [0.15, 0.2) is 46.6 Å². The zero-order valence-electron chi connectivity index (χ0n) is 8.48. The Balaban J connectivity index is 2.44. The topological polar surface area (TPSA) is 78.8 Å². The van der Waals surface area contributed by atoms with E-state index < -0.39 is 17.4 Å². The van der Waals surface area contributed by atoms with E-state index in [1.165, 1.54) is 6.08 Å². The van der Waals surface area contributed by atoms with Crippen molar-refractivity contribution in [1.82, 2.24) is 5.32 Å². The number of carbonyl (C=O) groups is 1. The molecule has 0 aromatic heterocycles. The average molecular weight is 251 g/mol. The van der Waals surface area contributed by atoms with Crippen molar-refractivity contribution in [2.45, 2.75) is 0 Å². The van der Waals surface area contributed by atoms with E-state index >= 15 is 0 Å². The fraction of sp³-hybridized carbons (Fsp3) is 0. The number of benzene rings is 1. The van der Waals surface area contributed by atoms with E-state index in [1.54, 1.807) is 24.3 Å². The van der Waals surface area contributed by atoms with Gasteiger partial charge in [0.1, 0.15) is 0 Å². The Kier molecular flexibility index (Phi) is 2.93. The largest absolute Gasteiger partial charge is 0.504 e. The summed E-state index contributed by atoms with van der Waals surface area (Å²) >= 11 is 5.92. The summed E-state index contributed by atoms with van der Waals surface area (Å²) < 4.78 is 0. The number of carbonyl (C=O) groups excluding carboxylic acids is 1. The first-order valence-electron chi connectivity index (χ1n) is 4.68. The summed E-state index contributed by atoms with van der Waals surface area (Å²) in [4.78, 5) is 21.5. The molecule has 0 fully saturated rings. The predicted octanol–water partition coefficient (Wildman–Crippen LogP) is 2.35. The lowest BCUT2D eigenvalue weighted by molar-refractivity contribution is -0.116. The van der Waals surface area contributed by atoms with Gasteiger partial charge in [-0.1, -0.05) is 29.8 Å². The number of aliphatic hydroxyl groups is 1. The molecule has 2 N–H and O–H groups in total. The third kappa shape index (κ3) is 2.05. The second-order valence-corrected chi connectivity index (χ2v) is 3.73. The van der Waals surface area contributed by atoms with Gasteiger partial charge in [-0.05, 0) is 22.9 Å². The summed E-state index contributed by atoms with van der Waals surface area (Å²) in [5.41, 5.74) is 0.198. The average Bonchev–Trinajstić information content (AvgIpc) is 2.57. The number of amides is 1. The Bertz CT molecular complexity index is 564. The van der Waals surface area contributed by atoms with E-state index in [9.17, 15) is 14.8 Å². The highest BCUT2D eigenvalue weighted by atomic mass is 35.5. The van der Waals surface area contributed by atoms with Crippen LogP contribution in [-0.2, 0) is 4.79 Å². The molecule has 1 aliphatic rings. The Hall–Kier alpha value is -2.14. The molecule has 0 radical (unpaired) electrons. The molecule has 0 unspecified atom stereocenters. The van der Waals surface area contributed by atoms with Gasteiger partial charge in [0, 0.05) is 5.02 Å². The van der Waals surface area contributed by atoms with Crippen LogP contribution in [0.2, 0.25) is 5.02 Å². The molecule has 2 rings (SSSR count). The smallest absolute Gasteiger partial charge is 0.281 e. The van der Waals surface area contributed by atoms with Crippen molar-refractivity contribution in [3.05, 3.63) is 56.9 Å². The molecule has 0 saturated carbocycles. The highest BCUT2D eigenvalue weighted by Gasteiger charge is 2.28. The summed E-state index contributed by atoms with van der Waals surface area (Å²) in [6, 6.07) is 6.89. The molecule has 17 heavy (non-hydrogen) atoms. The van der Waals surface area contributed by atoms with Crippen molar-refractivity contribution in [2.24, 2.45) is 5.18 Å². The van der Waals surface area contributed by atoms with Crippen molar-refractivity contribution in [3.8, 4) is 0 Å². The minimum atomic E-state index is -0.726. The lowest BCUT2D eigenvalue weighted by Gasteiger charge is -2.01. The van der Waals surface area contributed by atoms with Crippen molar-refractivity contribution in [1.29, 1.82) is 0 Å². The maximum Gasteiger partial charge on any atom is 0.281 e. The van der Waals surface area contributed by atoms with E-state index in [4.69, 9.17) is 11.6 Å². The van der Waals surface area contributed by atoms with E-state index in [0.717, 1.165) is 0 Å². The van der Waals surface area contributed by atoms with Gasteiger partial charge in [-0.3, -0.25) is 4.79 Å². The van der Waals surface area contributed by atoms with Crippen LogP contribution in [0.1, 0.15) is 5.56 Å². The molecule has 0 saturated heterocycles. The third-order valence-corrected chi connectivity index (χ3v) is 2.58. The Morgan fingerprint density at radius 3 is 2.65 bits per heavy atom. The van der Waals surface area contributed by atoms with Gasteiger partial charge in [-0.2, -0.15) is 0 Å². The normalized spacial score (nSPS) is 17.5. The monoisotopic (exact) mass is 250 g/mol. The van der Waals surface area contributed by atoms with Crippen LogP contribution in [-0.4, -0.2) is 11.0 Å². The number of rotatable bonds is 2. The number of nitroso groups, excluding NO2 is 1. The van der Waals surface area contributed by atoms with Crippen molar-refractivity contribution < 1.29 is 9.90 Å². The van der Waals surface area contributed by atoms with Crippen LogP contribution in [0.5, 0.6) is 0 Å². The SMILES string of the molecule is O=NC1=C(O)C(=Cc2ccccc2Cl)NC1=O. The quantitative estimate of drug-likeness (QED) is 0.791. The van der Waals surface area contributed by atoms with E-state index in [-0.39, 0.29) is 5.70 Å². The maximum atomic E-state index is 11.2. The fourth-order valence-corrected chi connectivity index (χ4v) is 1.60. The van der Waals surface area contributed by atoms with Gasteiger partial charge in [0.25, 0.3) is 5.91 Å². The molecule has 6 heteroatoms.